The molecule has 22 heavy (non-hydrogen) atoms. The van der Waals surface area contributed by atoms with Crippen molar-refractivity contribution in [2.75, 3.05) is 12.3 Å². The molecule has 1 unspecified atom stereocenters. The number of hydrogen-bond donors (Lipinski definition) is 3. The molecule has 0 amide bonds. The second kappa shape index (κ2) is 5.45. The largest absolute Gasteiger partial charge is 0.766 e. The lowest BCUT2D eigenvalue weighted by Crippen LogP contribution is -2.21. The van der Waals surface area contributed by atoms with Crippen molar-refractivity contribution in [3.05, 3.63) is 16.7 Å². The summed E-state index contributed by atoms with van der Waals surface area (Å²) in [4.78, 5) is 32.9. The Morgan fingerprint density at radius 2 is 2.36 bits per heavy atom. The van der Waals surface area contributed by atoms with Crippen molar-refractivity contribution < 1.29 is 18.7 Å². The van der Waals surface area contributed by atoms with E-state index in [1.165, 1.54) is 6.33 Å². The second-order valence-corrected chi connectivity index (χ2v) is 6.24. The maximum Gasteiger partial charge on any atom is 0.280 e. The van der Waals surface area contributed by atoms with Crippen LogP contribution in [0.4, 0.5) is 5.95 Å². The van der Waals surface area contributed by atoms with Gasteiger partial charge < -0.3 is 19.9 Å². The highest BCUT2D eigenvalue weighted by molar-refractivity contribution is 7.48. The smallest absolute Gasteiger partial charge is 0.280 e. The normalized spacial score (nSPS) is 24.6. The van der Waals surface area contributed by atoms with Gasteiger partial charge in [-0.1, -0.05) is 0 Å². The van der Waals surface area contributed by atoms with Crippen molar-refractivity contribution >= 4 is 24.9 Å². The van der Waals surface area contributed by atoms with Crippen molar-refractivity contribution in [3.63, 3.8) is 0 Å². The number of aromatic nitrogens is 4. The Kier molecular flexibility index (Phi) is 3.75. The van der Waals surface area contributed by atoms with Gasteiger partial charge in [0.2, 0.25) is 13.7 Å². The molecule has 0 bridgehead atoms. The standard InChI is InChI=1S/C10H15N6O5P/c11-10-14-8-7(9(17)15-10)13-4-16(8)6-2-1-5(21-6)3-20-22(12,18)19/h4-6H,1-3H2,(H3,12,18,19)(H3,11,14,15,17)/p-1/t5-,6+/m0/s1. The molecule has 12 heteroatoms. The number of anilines is 1. The predicted octanol–water partition coefficient (Wildman–Crippen LogP) is -1.18. The fraction of sp³-hybridized carbons (Fsp3) is 0.500. The number of nitrogen functional groups attached to an aromatic ring is 1. The van der Waals surface area contributed by atoms with Gasteiger partial charge in [0.15, 0.2) is 11.2 Å². The lowest BCUT2D eigenvalue weighted by atomic mass is 10.2. The number of aromatic amines is 1. The van der Waals surface area contributed by atoms with Gasteiger partial charge in [0, 0.05) is 0 Å². The Morgan fingerprint density at radius 1 is 1.59 bits per heavy atom. The van der Waals surface area contributed by atoms with E-state index in [-0.39, 0.29) is 18.1 Å². The minimum Gasteiger partial charge on any atom is -0.766 e. The monoisotopic (exact) mass is 329 g/mol. The van der Waals surface area contributed by atoms with E-state index in [0.717, 1.165) is 0 Å². The van der Waals surface area contributed by atoms with Crippen molar-refractivity contribution in [1.82, 2.24) is 19.5 Å². The first-order chi connectivity index (χ1) is 10.3. The number of imidazole rings is 1. The molecule has 1 aliphatic rings. The second-order valence-electron chi connectivity index (χ2n) is 4.90. The Morgan fingerprint density at radius 3 is 3.09 bits per heavy atom. The van der Waals surface area contributed by atoms with Gasteiger partial charge in [0.25, 0.3) is 5.56 Å². The summed E-state index contributed by atoms with van der Waals surface area (Å²) in [5.74, 6) is -0.0208. The molecule has 0 aliphatic carbocycles. The quantitative estimate of drug-likeness (QED) is 0.583. The van der Waals surface area contributed by atoms with Crippen LogP contribution in [0.5, 0.6) is 0 Å². The molecule has 1 fully saturated rings. The number of fused-ring (bicyclic) bond motifs is 1. The van der Waals surface area contributed by atoms with Crippen LogP contribution in [0.15, 0.2) is 11.1 Å². The van der Waals surface area contributed by atoms with Gasteiger partial charge in [-0.05, 0) is 12.8 Å². The fourth-order valence-electron chi connectivity index (χ4n) is 2.35. The molecular formula is C10H14N6O5P-. The number of ether oxygens (including phenoxy) is 1. The van der Waals surface area contributed by atoms with Crippen molar-refractivity contribution in [2.24, 2.45) is 5.50 Å². The molecule has 3 rings (SSSR count). The highest BCUT2D eigenvalue weighted by atomic mass is 31.2. The van der Waals surface area contributed by atoms with Gasteiger partial charge >= 0.3 is 0 Å². The number of H-pyrrole nitrogens is 1. The predicted molar refractivity (Wildman–Crippen MR) is 73.5 cm³/mol. The van der Waals surface area contributed by atoms with Crippen LogP contribution in [0.1, 0.15) is 19.1 Å². The van der Waals surface area contributed by atoms with Crippen LogP contribution in [0.3, 0.4) is 0 Å². The van der Waals surface area contributed by atoms with Crippen LogP contribution in [0.25, 0.3) is 11.2 Å². The number of nitrogens with two attached hydrogens (primary N) is 2. The summed E-state index contributed by atoms with van der Waals surface area (Å²) < 4.78 is 22.6. The average Bonchev–Trinajstić information content (AvgIpc) is 3.01. The highest BCUT2D eigenvalue weighted by Crippen LogP contribution is 2.33. The first-order valence-corrected chi connectivity index (χ1v) is 8.06. The fourth-order valence-corrected chi connectivity index (χ4v) is 2.73. The van der Waals surface area contributed by atoms with Crippen LogP contribution in [-0.4, -0.2) is 32.2 Å². The summed E-state index contributed by atoms with van der Waals surface area (Å²) in [6, 6.07) is 0. The van der Waals surface area contributed by atoms with E-state index in [2.05, 4.69) is 19.5 Å². The Balaban J connectivity index is 1.79. The van der Waals surface area contributed by atoms with E-state index >= 15 is 0 Å². The lowest BCUT2D eigenvalue weighted by molar-refractivity contribution is -0.201. The number of nitrogens with one attached hydrogen (secondary N) is 1. The van der Waals surface area contributed by atoms with Gasteiger partial charge in [0.1, 0.15) is 6.23 Å². The molecule has 3 atom stereocenters. The van der Waals surface area contributed by atoms with Crippen LogP contribution >= 0.6 is 7.75 Å². The molecule has 2 aromatic rings. The highest BCUT2D eigenvalue weighted by Gasteiger charge is 2.29. The molecule has 0 spiro atoms. The Hall–Kier alpha value is -1.78. The van der Waals surface area contributed by atoms with E-state index in [0.29, 0.717) is 18.5 Å². The Labute approximate surface area is 123 Å². The van der Waals surface area contributed by atoms with Crippen molar-refractivity contribution in [2.45, 2.75) is 25.2 Å². The van der Waals surface area contributed by atoms with E-state index in [1.807, 2.05) is 0 Å². The van der Waals surface area contributed by atoms with Gasteiger partial charge in [-0.15, -0.1) is 0 Å². The SMILES string of the molecule is Nc1nc2c(ncn2[C@H]2CC[C@@H](COP(N)(=O)[O-])O2)c(=O)[nH]1. The summed E-state index contributed by atoms with van der Waals surface area (Å²) in [7, 11) is -4.27. The van der Waals surface area contributed by atoms with Crippen molar-refractivity contribution in [3.8, 4) is 0 Å². The maximum absolute atomic E-state index is 11.7. The molecule has 3 heterocycles. The number of nitrogens with zero attached hydrogens (tertiary/aromatic N) is 3. The van der Waals surface area contributed by atoms with Gasteiger partial charge in [-0.2, -0.15) is 4.98 Å². The van der Waals surface area contributed by atoms with Crippen LogP contribution in [0.2, 0.25) is 0 Å². The topological polar surface area (TPSA) is 174 Å². The summed E-state index contributed by atoms with van der Waals surface area (Å²) in [5, 5.41) is 0. The molecule has 1 aliphatic heterocycles. The third kappa shape index (κ3) is 3.03. The summed E-state index contributed by atoms with van der Waals surface area (Å²) >= 11 is 0. The zero-order valence-electron chi connectivity index (χ0n) is 11.3. The molecule has 0 saturated carbocycles. The molecule has 2 aromatic heterocycles. The molecule has 1 saturated heterocycles. The number of rotatable bonds is 4. The van der Waals surface area contributed by atoms with E-state index in [1.54, 1.807) is 4.57 Å². The summed E-state index contributed by atoms with van der Waals surface area (Å²) in [6.45, 7) is -0.156. The van der Waals surface area contributed by atoms with E-state index in [9.17, 15) is 14.3 Å². The van der Waals surface area contributed by atoms with E-state index < -0.39 is 25.6 Å². The lowest BCUT2D eigenvalue weighted by Gasteiger charge is -2.20. The van der Waals surface area contributed by atoms with Gasteiger partial charge in [-0.25, -0.2) is 4.98 Å². The van der Waals surface area contributed by atoms with Crippen LogP contribution in [-0.2, 0) is 13.8 Å². The zero-order valence-corrected chi connectivity index (χ0v) is 12.2. The van der Waals surface area contributed by atoms with E-state index in [4.69, 9.17) is 16.0 Å². The first-order valence-electron chi connectivity index (χ1n) is 6.45. The van der Waals surface area contributed by atoms with Crippen molar-refractivity contribution in [1.29, 1.82) is 0 Å². The molecule has 120 valence electrons. The summed E-state index contributed by atoms with van der Waals surface area (Å²) in [5.41, 5.74) is 10.3. The van der Waals surface area contributed by atoms with Crippen LogP contribution in [0, 0.1) is 0 Å². The summed E-state index contributed by atoms with van der Waals surface area (Å²) in [6.07, 6.45) is 1.73. The molecule has 0 aromatic carbocycles. The maximum atomic E-state index is 11.7. The van der Waals surface area contributed by atoms with Crippen LogP contribution < -0.4 is 21.7 Å². The molecule has 11 nitrogen and oxygen atoms in total. The molecule has 5 N–H and O–H groups in total. The Bertz CT molecular complexity index is 797. The minimum absolute atomic E-state index is 0.0208. The third-order valence-corrected chi connectivity index (χ3v) is 3.80. The molecule has 0 radical (unpaired) electrons. The third-order valence-electron chi connectivity index (χ3n) is 3.29. The zero-order chi connectivity index (χ0) is 15.9. The average molecular weight is 329 g/mol. The van der Waals surface area contributed by atoms with Gasteiger partial charge in [-0.3, -0.25) is 24.4 Å². The first kappa shape index (κ1) is 15.1. The number of hydrogen-bond acceptors (Lipinski definition) is 8. The molecular weight excluding hydrogens is 315 g/mol. The van der Waals surface area contributed by atoms with Gasteiger partial charge in [0.05, 0.1) is 19.0 Å². The minimum atomic E-state index is -4.27.